The molecule has 1 aromatic rings. The molecule has 20 heavy (non-hydrogen) atoms. The highest BCUT2D eigenvalue weighted by Crippen LogP contribution is 2.08. The first-order valence-corrected chi connectivity index (χ1v) is 6.28. The molecule has 0 saturated heterocycles. The number of rotatable bonds is 5. The molecule has 1 rings (SSSR count). The molecule has 0 saturated carbocycles. The van der Waals surface area contributed by atoms with Gasteiger partial charge in [-0.25, -0.2) is 4.79 Å². The van der Waals surface area contributed by atoms with Crippen LogP contribution in [0.15, 0.2) is 18.3 Å². The number of nitrogens with one attached hydrogen (secondary N) is 2. The molecule has 0 atom stereocenters. The predicted octanol–water partition coefficient (Wildman–Crippen LogP) is 0.467. The summed E-state index contributed by atoms with van der Waals surface area (Å²) < 4.78 is 0. The fourth-order valence-electron chi connectivity index (χ4n) is 1.42. The first-order chi connectivity index (χ1) is 9.41. The standard InChI is InChI=1S/C13H21N5O2/c1-17(2)12(19)11-9-10(5-6-15-11)14-7-8-16-13(20)18(3)4/h5-6,9H,7-8H2,1-4H3,(H,14,15)(H,16,20). The van der Waals surface area contributed by atoms with Crippen molar-refractivity contribution in [1.29, 1.82) is 0 Å². The summed E-state index contributed by atoms with van der Waals surface area (Å²) in [6.07, 6.45) is 1.58. The van der Waals surface area contributed by atoms with Gasteiger partial charge in [0.25, 0.3) is 5.91 Å². The molecule has 2 N–H and O–H groups in total. The number of hydrogen-bond acceptors (Lipinski definition) is 4. The number of nitrogens with zero attached hydrogens (tertiary/aromatic N) is 3. The summed E-state index contributed by atoms with van der Waals surface area (Å²) in [7, 11) is 6.73. The summed E-state index contributed by atoms with van der Waals surface area (Å²) in [5, 5.41) is 5.87. The van der Waals surface area contributed by atoms with Crippen molar-refractivity contribution >= 4 is 17.6 Å². The van der Waals surface area contributed by atoms with Crippen molar-refractivity contribution in [3.63, 3.8) is 0 Å². The van der Waals surface area contributed by atoms with Crippen LogP contribution < -0.4 is 10.6 Å². The van der Waals surface area contributed by atoms with Gasteiger partial charge in [0, 0.05) is 53.2 Å². The Balaban J connectivity index is 2.47. The number of amides is 3. The molecule has 0 fully saturated rings. The molecule has 0 bridgehead atoms. The third-order valence-corrected chi connectivity index (χ3v) is 2.52. The zero-order valence-corrected chi connectivity index (χ0v) is 12.3. The van der Waals surface area contributed by atoms with Crippen LogP contribution in [0.4, 0.5) is 10.5 Å². The zero-order chi connectivity index (χ0) is 15.1. The lowest BCUT2D eigenvalue weighted by molar-refractivity contribution is 0.0822. The molecule has 0 aliphatic carbocycles. The van der Waals surface area contributed by atoms with E-state index in [2.05, 4.69) is 15.6 Å². The van der Waals surface area contributed by atoms with Gasteiger partial charge < -0.3 is 20.4 Å². The average Bonchev–Trinajstić information content (AvgIpc) is 2.42. The van der Waals surface area contributed by atoms with Crippen LogP contribution in [0.5, 0.6) is 0 Å². The largest absolute Gasteiger partial charge is 0.383 e. The van der Waals surface area contributed by atoms with Crippen molar-refractivity contribution in [2.45, 2.75) is 0 Å². The van der Waals surface area contributed by atoms with Crippen LogP contribution in [-0.2, 0) is 0 Å². The molecule has 1 aromatic heterocycles. The number of hydrogen-bond donors (Lipinski definition) is 2. The minimum atomic E-state index is -0.144. The second kappa shape index (κ2) is 7.32. The molecule has 1 heterocycles. The van der Waals surface area contributed by atoms with E-state index < -0.39 is 0 Å². The number of anilines is 1. The van der Waals surface area contributed by atoms with Gasteiger partial charge in [0.15, 0.2) is 0 Å². The molecular weight excluding hydrogens is 258 g/mol. The lowest BCUT2D eigenvalue weighted by atomic mass is 10.3. The molecule has 0 unspecified atom stereocenters. The maximum Gasteiger partial charge on any atom is 0.316 e. The summed E-state index contributed by atoms with van der Waals surface area (Å²) in [5.74, 6) is -0.144. The van der Waals surface area contributed by atoms with Crippen LogP contribution in [0, 0.1) is 0 Å². The third-order valence-electron chi connectivity index (χ3n) is 2.52. The fourth-order valence-corrected chi connectivity index (χ4v) is 1.42. The normalized spacial score (nSPS) is 9.80. The van der Waals surface area contributed by atoms with E-state index in [1.807, 2.05) is 0 Å². The lowest BCUT2D eigenvalue weighted by Gasteiger charge is -2.13. The average molecular weight is 279 g/mol. The second-order valence-electron chi connectivity index (χ2n) is 4.68. The van der Waals surface area contributed by atoms with Crippen LogP contribution in [0.3, 0.4) is 0 Å². The van der Waals surface area contributed by atoms with Crippen molar-refractivity contribution in [1.82, 2.24) is 20.1 Å². The van der Waals surface area contributed by atoms with Gasteiger partial charge >= 0.3 is 6.03 Å². The Morgan fingerprint density at radius 1 is 1.15 bits per heavy atom. The molecule has 7 nitrogen and oxygen atoms in total. The molecule has 0 spiro atoms. The topological polar surface area (TPSA) is 77.6 Å². The van der Waals surface area contributed by atoms with Crippen molar-refractivity contribution in [2.75, 3.05) is 46.6 Å². The molecule has 0 aromatic carbocycles. The molecule has 3 amide bonds. The first kappa shape index (κ1) is 15.7. The minimum Gasteiger partial charge on any atom is -0.383 e. The van der Waals surface area contributed by atoms with E-state index in [0.29, 0.717) is 18.8 Å². The highest BCUT2D eigenvalue weighted by atomic mass is 16.2. The van der Waals surface area contributed by atoms with Crippen LogP contribution in [0.25, 0.3) is 0 Å². The van der Waals surface area contributed by atoms with Gasteiger partial charge in [-0.1, -0.05) is 0 Å². The molecule has 0 aliphatic heterocycles. The van der Waals surface area contributed by atoms with Crippen molar-refractivity contribution in [3.05, 3.63) is 24.0 Å². The SMILES string of the molecule is CN(C)C(=O)NCCNc1ccnc(C(=O)N(C)C)c1. The quantitative estimate of drug-likeness (QED) is 0.768. The van der Waals surface area contributed by atoms with Crippen LogP contribution in [0.1, 0.15) is 10.5 Å². The summed E-state index contributed by atoms with van der Waals surface area (Å²) in [4.78, 5) is 30.0. The van der Waals surface area contributed by atoms with E-state index in [0.717, 1.165) is 5.69 Å². The molecule has 0 aliphatic rings. The zero-order valence-electron chi connectivity index (χ0n) is 12.3. The third kappa shape index (κ3) is 4.75. The number of carbonyl (C=O) groups is 2. The minimum absolute atomic E-state index is 0.134. The van der Waals surface area contributed by atoms with Crippen LogP contribution in [0.2, 0.25) is 0 Å². The Morgan fingerprint density at radius 3 is 2.45 bits per heavy atom. The highest BCUT2D eigenvalue weighted by Gasteiger charge is 2.09. The number of urea groups is 1. The Bertz CT molecular complexity index is 474. The van der Waals surface area contributed by atoms with Gasteiger partial charge in [-0.3, -0.25) is 9.78 Å². The second-order valence-corrected chi connectivity index (χ2v) is 4.68. The Kier molecular flexibility index (Phi) is 5.76. The number of pyridine rings is 1. The van der Waals surface area contributed by atoms with E-state index in [9.17, 15) is 9.59 Å². The van der Waals surface area contributed by atoms with E-state index in [4.69, 9.17) is 0 Å². The van der Waals surface area contributed by atoms with Crippen molar-refractivity contribution in [2.24, 2.45) is 0 Å². The maximum atomic E-state index is 11.8. The van der Waals surface area contributed by atoms with Gasteiger partial charge in [-0.15, -0.1) is 0 Å². The first-order valence-electron chi connectivity index (χ1n) is 6.28. The maximum absolute atomic E-state index is 11.8. The van der Waals surface area contributed by atoms with Crippen molar-refractivity contribution in [3.8, 4) is 0 Å². The van der Waals surface area contributed by atoms with Crippen LogP contribution >= 0.6 is 0 Å². The van der Waals surface area contributed by atoms with E-state index in [1.165, 1.54) is 9.80 Å². The molecule has 110 valence electrons. The van der Waals surface area contributed by atoms with E-state index in [-0.39, 0.29) is 11.9 Å². The summed E-state index contributed by atoms with van der Waals surface area (Å²) in [6.45, 7) is 1.06. The van der Waals surface area contributed by atoms with Gasteiger partial charge in [0.2, 0.25) is 0 Å². The van der Waals surface area contributed by atoms with Crippen LogP contribution in [-0.4, -0.2) is 68.0 Å². The monoisotopic (exact) mass is 279 g/mol. The van der Waals surface area contributed by atoms with Gasteiger partial charge in [0.05, 0.1) is 0 Å². The smallest absolute Gasteiger partial charge is 0.316 e. The predicted molar refractivity (Wildman–Crippen MR) is 77.8 cm³/mol. The summed E-state index contributed by atoms with van der Waals surface area (Å²) >= 11 is 0. The van der Waals surface area contributed by atoms with E-state index >= 15 is 0 Å². The Labute approximate surface area is 119 Å². The van der Waals surface area contributed by atoms with Gasteiger partial charge in [-0.05, 0) is 12.1 Å². The Morgan fingerprint density at radius 2 is 1.85 bits per heavy atom. The van der Waals surface area contributed by atoms with Gasteiger partial charge in [0.1, 0.15) is 5.69 Å². The molecule has 7 heteroatoms. The summed E-state index contributed by atoms with van der Waals surface area (Å²) in [5.41, 5.74) is 1.18. The number of carbonyl (C=O) groups excluding carboxylic acids is 2. The molecular formula is C13H21N5O2. The Hall–Kier alpha value is -2.31. The van der Waals surface area contributed by atoms with E-state index in [1.54, 1.807) is 46.5 Å². The fraction of sp³-hybridized carbons (Fsp3) is 0.462. The lowest BCUT2D eigenvalue weighted by Crippen LogP contribution is -2.37. The number of aromatic nitrogens is 1. The van der Waals surface area contributed by atoms with Crippen molar-refractivity contribution < 1.29 is 9.59 Å². The molecule has 0 radical (unpaired) electrons. The van der Waals surface area contributed by atoms with Gasteiger partial charge in [-0.2, -0.15) is 0 Å². The highest BCUT2D eigenvalue weighted by molar-refractivity contribution is 5.92. The summed E-state index contributed by atoms with van der Waals surface area (Å²) in [6, 6.07) is 3.33.